The van der Waals surface area contributed by atoms with E-state index in [1.165, 1.54) is 37.7 Å². The summed E-state index contributed by atoms with van der Waals surface area (Å²) in [6.07, 6.45) is 5.66. The SMILES string of the molecule is CCOc1cncc(O)c1-c1nc2ccc(CN3CCCC3)cc2s1. The Morgan fingerprint density at radius 1 is 1.24 bits per heavy atom. The molecule has 6 heteroatoms. The fourth-order valence-corrected chi connectivity index (χ4v) is 4.37. The molecule has 2 aromatic heterocycles. The Hall–Kier alpha value is -2.18. The van der Waals surface area contributed by atoms with Crippen molar-refractivity contribution in [1.82, 2.24) is 14.9 Å². The lowest BCUT2D eigenvalue weighted by Crippen LogP contribution is -2.18. The molecule has 1 aromatic carbocycles. The van der Waals surface area contributed by atoms with Crippen molar-refractivity contribution in [3.8, 4) is 22.1 Å². The zero-order chi connectivity index (χ0) is 17.2. The van der Waals surface area contributed by atoms with Gasteiger partial charge in [-0.15, -0.1) is 11.3 Å². The van der Waals surface area contributed by atoms with Gasteiger partial charge in [0.2, 0.25) is 0 Å². The molecular formula is C19H21N3O2S. The van der Waals surface area contributed by atoms with Crippen molar-refractivity contribution in [1.29, 1.82) is 0 Å². The smallest absolute Gasteiger partial charge is 0.151 e. The molecule has 1 saturated heterocycles. The van der Waals surface area contributed by atoms with Gasteiger partial charge in [-0.1, -0.05) is 6.07 Å². The predicted octanol–water partition coefficient (Wildman–Crippen LogP) is 4.06. The Balaban J connectivity index is 1.69. The van der Waals surface area contributed by atoms with E-state index in [-0.39, 0.29) is 5.75 Å². The van der Waals surface area contributed by atoms with Crippen molar-refractivity contribution < 1.29 is 9.84 Å². The molecule has 0 atom stereocenters. The molecule has 5 nitrogen and oxygen atoms in total. The maximum absolute atomic E-state index is 10.3. The molecule has 3 aromatic rings. The van der Waals surface area contributed by atoms with E-state index in [0.29, 0.717) is 17.9 Å². The Labute approximate surface area is 150 Å². The van der Waals surface area contributed by atoms with Gasteiger partial charge in [0.1, 0.15) is 10.8 Å². The molecule has 1 fully saturated rings. The Morgan fingerprint density at radius 3 is 2.88 bits per heavy atom. The van der Waals surface area contributed by atoms with Crippen LogP contribution in [-0.2, 0) is 6.54 Å². The lowest BCUT2D eigenvalue weighted by atomic mass is 10.2. The van der Waals surface area contributed by atoms with Gasteiger partial charge < -0.3 is 9.84 Å². The Bertz CT molecular complexity index is 888. The molecule has 4 rings (SSSR count). The number of hydrogen-bond donors (Lipinski definition) is 1. The zero-order valence-corrected chi connectivity index (χ0v) is 15.1. The minimum atomic E-state index is 0.0993. The lowest BCUT2D eigenvalue weighted by molar-refractivity contribution is 0.331. The van der Waals surface area contributed by atoms with Crippen LogP contribution in [0.4, 0.5) is 0 Å². The number of aromatic hydroxyl groups is 1. The molecule has 0 aliphatic carbocycles. The highest BCUT2D eigenvalue weighted by atomic mass is 32.1. The predicted molar refractivity (Wildman–Crippen MR) is 100 cm³/mol. The van der Waals surface area contributed by atoms with Crippen molar-refractivity contribution in [3.05, 3.63) is 36.2 Å². The fourth-order valence-electron chi connectivity index (χ4n) is 3.28. The molecule has 3 heterocycles. The second-order valence-electron chi connectivity index (χ2n) is 6.27. The first-order valence-corrected chi connectivity index (χ1v) is 9.48. The number of nitrogens with zero attached hydrogens (tertiary/aromatic N) is 3. The van der Waals surface area contributed by atoms with E-state index >= 15 is 0 Å². The van der Waals surface area contributed by atoms with Crippen molar-refractivity contribution in [2.24, 2.45) is 0 Å². The highest BCUT2D eigenvalue weighted by molar-refractivity contribution is 7.21. The topological polar surface area (TPSA) is 58.5 Å². The summed E-state index contributed by atoms with van der Waals surface area (Å²) in [6, 6.07) is 6.44. The second kappa shape index (κ2) is 6.98. The summed E-state index contributed by atoms with van der Waals surface area (Å²) < 4.78 is 6.75. The lowest BCUT2D eigenvalue weighted by Gasteiger charge is -2.14. The van der Waals surface area contributed by atoms with Gasteiger partial charge in [-0.25, -0.2) is 4.98 Å². The first kappa shape index (κ1) is 16.3. The molecule has 1 aliphatic rings. The van der Waals surface area contributed by atoms with Crippen LogP contribution in [-0.4, -0.2) is 39.7 Å². The molecule has 0 saturated carbocycles. The van der Waals surface area contributed by atoms with Crippen LogP contribution in [0.25, 0.3) is 20.8 Å². The van der Waals surface area contributed by atoms with Crippen LogP contribution in [0.1, 0.15) is 25.3 Å². The standard InChI is InChI=1S/C19H21N3O2S/c1-2-24-16-11-20-10-15(23)18(16)19-21-14-6-5-13(9-17(14)25-19)12-22-7-3-4-8-22/h5-6,9-11,23H,2-4,7-8,12H2,1H3. The number of aromatic nitrogens is 2. The van der Waals surface area contributed by atoms with Crippen LogP contribution < -0.4 is 4.74 Å². The largest absolute Gasteiger partial charge is 0.505 e. The molecule has 0 amide bonds. The molecule has 0 unspecified atom stereocenters. The summed E-state index contributed by atoms with van der Waals surface area (Å²) in [4.78, 5) is 11.2. The molecule has 0 bridgehead atoms. The second-order valence-corrected chi connectivity index (χ2v) is 7.30. The van der Waals surface area contributed by atoms with Gasteiger partial charge in [0.05, 0.1) is 34.8 Å². The summed E-state index contributed by atoms with van der Waals surface area (Å²) in [5, 5.41) is 11.0. The van der Waals surface area contributed by atoms with Crippen molar-refractivity contribution in [3.63, 3.8) is 0 Å². The normalized spacial score (nSPS) is 15.1. The quantitative estimate of drug-likeness (QED) is 0.748. The van der Waals surface area contributed by atoms with E-state index in [1.54, 1.807) is 17.5 Å². The third kappa shape index (κ3) is 3.32. The molecular weight excluding hydrogens is 334 g/mol. The van der Waals surface area contributed by atoms with Crippen LogP contribution in [0.5, 0.6) is 11.5 Å². The summed E-state index contributed by atoms with van der Waals surface area (Å²) in [5.74, 6) is 0.668. The van der Waals surface area contributed by atoms with Gasteiger partial charge in [0.15, 0.2) is 5.75 Å². The summed E-state index contributed by atoms with van der Waals surface area (Å²) in [7, 11) is 0. The van der Waals surface area contributed by atoms with E-state index in [9.17, 15) is 5.11 Å². The summed E-state index contributed by atoms with van der Waals surface area (Å²) >= 11 is 1.58. The molecule has 1 aliphatic heterocycles. The number of ether oxygens (including phenoxy) is 1. The van der Waals surface area contributed by atoms with Crippen LogP contribution in [0.15, 0.2) is 30.6 Å². The number of rotatable bonds is 5. The van der Waals surface area contributed by atoms with E-state index in [2.05, 4.69) is 28.1 Å². The average molecular weight is 355 g/mol. The van der Waals surface area contributed by atoms with Crippen molar-refractivity contribution in [2.75, 3.05) is 19.7 Å². The van der Waals surface area contributed by atoms with Gasteiger partial charge in [0, 0.05) is 6.54 Å². The minimum Gasteiger partial charge on any atom is -0.505 e. The molecule has 0 spiro atoms. The van der Waals surface area contributed by atoms with Crippen LogP contribution in [0.2, 0.25) is 0 Å². The van der Waals surface area contributed by atoms with E-state index in [1.807, 2.05) is 6.92 Å². The van der Waals surface area contributed by atoms with Gasteiger partial charge in [-0.2, -0.15) is 0 Å². The van der Waals surface area contributed by atoms with E-state index < -0.39 is 0 Å². The third-order valence-electron chi connectivity index (χ3n) is 4.46. The molecule has 130 valence electrons. The third-order valence-corrected chi connectivity index (χ3v) is 5.50. The van der Waals surface area contributed by atoms with Crippen molar-refractivity contribution >= 4 is 21.6 Å². The van der Waals surface area contributed by atoms with Crippen molar-refractivity contribution in [2.45, 2.75) is 26.3 Å². The first-order valence-electron chi connectivity index (χ1n) is 8.66. The van der Waals surface area contributed by atoms with Crippen LogP contribution in [0, 0.1) is 0 Å². The van der Waals surface area contributed by atoms with Gasteiger partial charge in [-0.05, 0) is 50.6 Å². The minimum absolute atomic E-state index is 0.0993. The number of benzene rings is 1. The fraction of sp³-hybridized carbons (Fsp3) is 0.368. The Morgan fingerprint density at radius 2 is 2.08 bits per heavy atom. The number of fused-ring (bicyclic) bond motifs is 1. The van der Waals surface area contributed by atoms with E-state index in [4.69, 9.17) is 9.72 Å². The maximum atomic E-state index is 10.3. The van der Waals surface area contributed by atoms with Gasteiger partial charge in [-0.3, -0.25) is 9.88 Å². The maximum Gasteiger partial charge on any atom is 0.151 e. The number of likely N-dealkylation sites (tertiary alicyclic amines) is 1. The van der Waals surface area contributed by atoms with Gasteiger partial charge >= 0.3 is 0 Å². The summed E-state index contributed by atoms with van der Waals surface area (Å²) in [5.41, 5.74) is 2.89. The highest BCUT2D eigenvalue weighted by Gasteiger charge is 2.17. The molecule has 1 N–H and O–H groups in total. The molecule has 25 heavy (non-hydrogen) atoms. The number of thiazole rings is 1. The van der Waals surface area contributed by atoms with Gasteiger partial charge in [0.25, 0.3) is 0 Å². The van der Waals surface area contributed by atoms with Crippen LogP contribution in [0.3, 0.4) is 0 Å². The van der Waals surface area contributed by atoms with Crippen LogP contribution >= 0.6 is 11.3 Å². The average Bonchev–Trinajstić information content (AvgIpc) is 3.24. The number of pyridine rings is 1. The number of hydrogen-bond acceptors (Lipinski definition) is 6. The monoisotopic (exact) mass is 355 g/mol. The van der Waals surface area contributed by atoms with E-state index in [0.717, 1.165) is 21.8 Å². The molecule has 0 radical (unpaired) electrons. The summed E-state index contributed by atoms with van der Waals surface area (Å²) in [6.45, 7) is 5.80. The Kier molecular flexibility index (Phi) is 4.55. The highest BCUT2D eigenvalue weighted by Crippen LogP contribution is 2.40. The first-order chi connectivity index (χ1) is 12.2. The zero-order valence-electron chi connectivity index (χ0n) is 14.2.